The maximum Gasteiger partial charge on any atom is 0.257 e. The molecule has 4 heteroatoms. The minimum atomic E-state index is -0.0141. The van der Waals surface area contributed by atoms with Gasteiger partial charge in [0.15, 0.2) is 0 Å². The van der Waals surface area contributed by atoms with Gasteiger partial charge in [-0.15, -0.1) is 0 Å². The van der Waals surface area contributed by atoms with Gasteiger partial charge < -0.3 is 10.3 Å². The molecule has 2 N–H and O–H groups in total. The van der Waals surface area contributed by atoms with Crippen LogP contribution in [0.5, 0.6) is 0 Å². The van der Waals surface area contributed by atoms with E-state index in [2.05, 4.69) is 10.3 Å². The smallest absolute Gasteiger partial charge is 0.257 e. The Bertz CT molecular complexity index is 617. The van der Waals surface area contributed by atoms with Crippen LogP contribution in [0.4, 0.5) is 5.82 Å². The van der Waals surface area contributed by atoms with Crippen molar-refractivity contribution < 1.29 is 0 Å². The first-order valence-corrected chi connectivity index (χ1v) is 7.92. The SMILES string of the molecule is O=c1[nH]c(NCC2CCSCC2)cc2ccccc12. The highest BCUT2D eigenvalue weighted by molar-refractivity contribution is 7.99. The van der Waals surface area contributed by atoms with Crippen molar-refractivity contribution in [2.24, 2.45) is 5.92 Å². The summed E-state index contributed by atoms with van der Waals surface area (Å²) in [7, 11) is 0. The van der Waals surface area contributed by atoms with E-state index < -0.39 is 0 Å². The average Bonchev–Trinajstić information content (AvgIpc) is 2.46. The van der Waals surface area contributed by atoms with Gasteiger partial charge in [0, 0.05) is 11.9 Å². The van der Waals surface area contributed by atoms with Crippen molar-refractivity contribution in [1.82, 2.24) is 4.98 Å². The number of fused-ring (bicyclic) bond motifs is 1. The number of rotatable bonds is 3. The van der Waals surface area contributed by atoms with Gasteiger partial charge in [-0.2, -0.15) is 11.8 Å². The van der Waals surface area contributed by atoms with Crippen LogP contribution >= 0.6 is 11.8 Å². The van der Waals surface area contributed by atoms with Crippen LogP contribution in [0.1, 0.15) is 12.8 Å². The Morgan fingerprint density at radius 1 is 1.26 bits per heavy atom. The molecule has 19 heavy (non-hydrogen) atoms. The summed E-state index contributed by atoms with van der Waals surface area (Å²) in [6.45, 7) is 0.953. The standard InChI is InChI=1S/C15H18N2OS/c18-15-13-4-2-1-3-12(13)9-14(17-15)16-10-11-5-7-19-8-6-11/h1-4,9,11H,5-8,10H2,(H2,16,17,18). The van der Waals surface area contributed by atoms with Crippen molar-refractivity contribution in [3.8, 4) is 0 Å². The summed E-state index contributed by atoms with van der Waals surface area (Å²) in [5.41, 5.74) is -0.0141. The van der Waals surface area contributed by atoms with Gasteiger partial charge in [0.2, 0.25) is 0 Å². The number of aromatic nitrogens is 1. The molecule has 2 aromatic rings. The van der Waals surface area contributed by atoms with Crippen molar-refractivity contribution in [2.45, 2.75) is 12.8 Å². The lowest BCUT2D eigenvalue weighted by Gasteiger charge is -2.21. The lowest BCUT2D eigenvalue weighted by molar-refractivity contribution is 0.515. The van der Waals surface area contributed by atoms with Gasteiger partial charge >= 0.3 is 0 Å². The van der Waals surface area contributed by atoms with Crippen LogP contribution in [0.15, 0.2) is 35.1 Å². The third-order valence-corrected chi connectivity index (χ3v) is 4.72. The van der Waals surface area contributed by atoms with Crippen molar-refractivity contribution in [3.63, 3.8) is 0 Å². The van der Waals surface area contributed by atoms with E-state index in [1.165, 1.54) is 24.3 Å². The largest absolute Gasteiger partial charge is 0.371 e. The summed E-state index contributed by atoms with van der Waals surface area (Å²) in [4.78, 5) is 14.9. The zero-order valence-electron chi connectivity index (χ0n) is 10.8. The molecular formula is C15H18N2OS. The van der Waals surface area contributed by atoms with E-state index in [0.717, 1.165) is 29.1 Å². The van der Waals surface area contributed by atoms with Gasteiger partial charge in [0.1, 0.15) is 5.82 Å². The molecule has 1 aliphatic rings. The van der Waals surface area contributed by atoms with Crippen molar-refractivity contribution in [1.29, 1.82) is 0 Å². The Balaban J connectivity index is 1.75. The minimum absolute atomic E-state index is 0.0141. The van der Waals surface area contributed by atoms with E-state index >= 15 is 0 Å². The second-order valence-electron chi connectivity index (χ2n) is 5.04. The molecule has 0 amide bonds. The fourth-order valence-electron chi connectivity index (χ4n) is 2.51. The first-order valence-electron chi connectivity index (χ1n) is 6.76. The van der Waals surface area contributed by atoms with Gasteiger partial charge in [-0.25, -0.2) is 0 Å². The molecule has 3 rings (SSSR count). The number of hydrogen-bond acceptors (Lipinski definition) is 3. The fraction of sp³-hybridized carbons (Fsp3) is 0.400. The molecule has 0 bridgehead atoms. The van der Waals surface area contributed by atoms with Gasteiger partial charge in [-0.3, -0.25) is 4.79 Å². The average molecular weight is 274 g/mol. The van der Waals surface area contributed by atoms with Crippen molar-refractivity contribution in [2.75, 3.05) is 23.4 Å². The van der Waals surface area contributed by atoms with Crippen LogP contribution in [0.2, 0.25) is 0 Å². The van der Waals surface area contributed by atoms with Gasteiger partial charge in [-0.1, -0.05) is 18.2 Å². The van der Waals surface area contributed by atoms with Crippen molar-refractivity contribution >= 4 is 28.4 Å². The highest BCUT2D eigenvalue weighted by Crippen LogP contribution is 2.23. The molecule has 0 unspecified atom stereocenters. The Morgan fingerprint density at radius 3 is 2.89 bits per heavy atom. The number of anilines is 1. The molecule has 1 aromatic heterocycles. The number of nitrogens with one attached hydrogen (secondary N) is 2. The van der Waals surface area contributed by atoms with Gasteiger partial charge in [0.25, 0.3) is 5.56 Å². The van der Waals surface area contributed by atoms with Crippen LogP contribution in [0, 0.1) is 5.92 Å². The van der Waals surface area contributed by atoms with Crippen LogP contribution in [0.25, 0.3) is 10.8 Å². The fourth-order valence-corrected chi connectivity index (χ4v) is 3.72. The lowest BCUT2D eigenvalue weighted by Crippen LogP contribution is -2.20. The maximum absolute atomic E-state index is 12.0. The molecular weight excluding hydrogens is 256 g/mol. The zero-order chi connectivity index (χ0) is 13.1. The molecule has 0 atom stereocenters. The molecule has 2 heterocycles. The second-order valence-corrected chi connectivity index (χ2v) is 6.26. The first-order chi connectivity index (χ1) is 9.33. The molecule has 100 valence electrons. The Morgan fingerprint density at radius 2 is 2.05 bits per heavy atom. The van der Waals surface area contributed by atoms with Crippen LogP contribution in [-0.4, -0.2) is 23.0 Å². The second kappa shape index (κ2) is 5.70. The summed E-state index contributed by atoms with van der Waals surface area (Å²) < 4.78 is 0. The number of aromatic amines is 1. The molecule has 1 aliphatic heterocycles. The monoisotopic (exact) mass is 274 g/mol. The van der Waals surface area contributed by atoms with Gasteiger partial charge in [-0.05, 0) is 47.8 Å². The molecule has 1 fully saturated rings. The Hall–Kier alpha value is -1.42. The van der Waals surface area contributed by atoms with Crippen LogP contribution in [-0.2, 0) is 0 Å². The van der Waals surface area contributed by atoms with E-state index in [4.69, 9.17) is 0 Å². The Kier molecular flexibility index (Phi) is 3.78. The number of thioether (sulfide) groups is 1. The summed E-state index contributed by atoms with van der Waals surface area (Å²) in [6, 6.07) is 9.71. The molecule has 0 saturated carbocycles. The first kappa shape index (κ1) is 12.6. The summed E-state index contributed by atoms with van der Waals surface area (Å²) in [5, 5.41) is 5.13. The number of benzene rings is 1. The van der Waals surface area contributed by atoms with Crippen LogP contribution < -0.4 is 10.9 Å². The van der Waals surface area contributed by atoms with E-state index in [9.17, 15) is 4.79 Å². The van der Waals surface area contributed by atoms with E-state index in [1.807, 2.05) is 42.1 Å². The third kappa shape index (κ3) is 2.95. The topological polar surface area (TPSA) is 44.9 Å². The molecule has 0 radical (unpaired) electrons. The number of hydrogen-bond donors (Lipinski definition) is 2. The molecule has 3 nitrogen and oxygen atoms in total. The normalized spacial score (nSPS) is 16.6. The minimum Gasteiger partial charge on any atom is -0.371 e. The lowest BCUT2D eigenvalue weighted by atomic mass is 10.0. The maximum atomic E-state index is 12.0. The summed E-state index contributed by atoms with van der Waals surface area (Å²) >= 11 is 2.04. The molecule has 0 aliphatic carbocycles. The highest BCUT2D eigenvalue weighted by Gasteiger charge is 2.13. The highest BCUT2D eigenvalue weighted by atomic mass is 32.2. The molecule has 1 aromatic carbocycles. The summed E-state index contributed by atoms with van der Waals surface area (Å²) in [6.07, 6.45) is 2.55. The molecule has 0 spiro atoms. The predicted molar refractivity (Wildman–Crippen MR) is 83.1 cm³/mol. The van der Waals surface area contributed by atoms with Crippen LogP contribution in [0.3, 0.4) is 0 Å². The van der Waals surface area contributed by atoms with Crippen molar-refractivity contribution in [3.05, 3.63) is 40.7 Å². The number of H-pyrrole nitrogens is 1. The summed E-state index contributed by atoms with van der Waals surface area (Å²) in [5.74, 6) is 4.10. The molecule has 1 saturated heterocycles. The third-order valence-electron chi connectivity index (χ3n) is 3.68. The Labute approximate surface area is 116 Å². The van der Waals surface area contributed by atoms with E-state index in [0.29, 0.717) is 0 Å². The zero-order valence-corrected chi connectivity index (χ0v) is 11.6. The number of pyridine rings is 1. The quantitative estimate of drug-likeness (QED) is 0.904. The van der Waals surface area contributed by atoms with Gasteiger partial charge in [0.05, 0.1) is 0 Å². The van der Waals surface area contributed by atoms with E-state index in [-0.39, 0.29) is 5.56 Å². The van der Waals surface area contributed by atoms with E-state index in [1.54, 1.807) is 0 Å². The predicted octanol–water partition coefficient (Wildman–Crippen LogP) is 3.08.